The van der Waals surface area contributed by atoms with Gasteiger partial charge in [-0.3, -0.25) is 0 Å². The van der Waals surface area contributed by atoms with Crippen molar-refractivity contribution < 1.29 is 23.7 Å². The molecule has 0 atom stereocenters. The summed E-state index contributed by atoms with van der Waals surface area (Å²) in [5.41, 5.74) is 1.70. The number of aliphatic imine (C=N–C) groups is 1. The normalized spacial score (nSPS) is 10.9. The Morgan fingerprint density at radius 3 is 2.03 bits per heavy atom. The van der Waals surface area contributed by atoms with Crippen LogP contribution in [0.25, 0.3) is 0 Å². The highest BCUT2D eigenvalue weighted by atomic mass is 16.5. The average molecular weight is 418 g/mol. The highest BCUT2D eigenvalue weighted by Crippen LogP contribution is 2.35. The van der Waals surface area contributed by atoms with E-state index in [0.29, 0.717) is 54.4 Å². The van der Waals surface area contributed by atoms with Crippen molar-refractivity contribution >= 4 is 11.6 Å². The molecule has 0 fully saturated rings. The Hall–Kier alpha value is -3.29. The molecule has 0 aromatic heterocycles. The molecule has 0 heterocycles. The molecule has 0 unspecified atom stereocenters. The smallest absolute Gasteiger partial charge is 0.196 e. The molecule has 2 N–H and O–H groups in total. The van der Waals surface area contributed by atoms with Crippen LogP contribution in [0.4, 0.5) is 5.69 Å². The van der Waals surface area contributed by atoms with Crippen LogP contribution in [0.15, 0.2) is 35.3 Å². The lowest BCUT2D eigenvalue weighted by molar-refractivity contribution is 0.311. The minimum atomic E-state index is 0.382. The molecule has 2 aromatic carbocycles. The molecule has 30 heavy (non-hydrogen) atoms. The Labute approximate surface area is 178 Å². The second-order valence-electron chi connectivity index (χ2n) is 6.14. The highest BCUT2D eigenvalue weighted by Gasteiger charge is 2.12. The zero-order valence-electron chi connectivity index (χ0n) is 18.5. The maximum atomic E-state index is 5.57. The molecule has 0 aliphatic heterocycles. The summed E-state index contributed by atoms with van der Waals surface area (Å²) in [4.78, 5) is 4.68. The molecule has 0 spiro atoms. The summed E-state index contributed by atoms with van der Waals surface area (Å²) < 4.78 is 27.2. The van der Waals surface area contributed by atoms with Crippen molar-refractivity contribution in [3.05, 3.63) is 35.9 Å². The van der Waals surface area contributed by atoms with E-state index in [1.807, 2.05) is 38.1 Å². The lowest BCUT2D eigenvalue weighted by atomic mass is 10.1. The maximum Gasteiger partial charge on any atom is 0.196 e. The Bertz CT molecular complexity index is 855. The summed E-state index contributed by atoms with van der Waals surface area (Å²) in [5.74, 6) is 3.88. The Morgan fingerprint density at radius 2 is 1.43 bits per heavy atom. The topological polar surface area (TPSA) is 82.6 Å². The predicted molar refractivity (Wildman–Crippen MR) is 119 cm³/mol. The molecule has 0 aliphatic rings. The zero-order chi connectivity index (χ0) is 21.9. The van der Waals surface area contributed by atoms with E-state index < -0.39 is 0 Å². The molecule has 0 saturated carbocycles. The summed E-state index contributed by atoms with van der Waals surface area (Å²) in [6, 6.07) is 9.31. The fourth-order valence-corrected chi connectivity index (χ4v) is 2.84. The number of benzene rings is 2. The summed E-state index contributed by atoms with van der Waals surface area (Å²) >= 11 is 0. The first-order valence-electron chi connectivity index (χ1n) is 9.75. The lowest BCUT2D eigenvalue weighted by Crippen LogP contribution is -2.30. The molecule has 164 valence electrons. The third-order valence-electron chi connectivity index (χ3n) is 4.26. The first-order chi connectivity index (χ1) is 14.6. The number of hydrogen-bond acceptors (Lipinski definition) is 6. The van der Waals surface area contributed by atoms with Gasteiger partial charge < -0.3 is 34.3 Å². The number of hydrogen-bond donors (Lipinski definition) is 2. The van der Waals surface area contributed by atoms with Crippen LogP contribution in [0.2, 0.25) is 0 Å². The van der Waals surface area contributed by atoms with E-state index in [1.54, 1.807) is 34.5 Å². The molecule has 0 bridgehead atoms. The molecule has 0 aliphatic carbocycles. The van der Waals surface area contributed by atoms with Gasteiger partial charge in [0.05, 0.1) is 41.6 Å². The first-order valence-corrected chi connectivity index (χ1v) is 9.75. The van der Waals surface area contributed by atoms with Gasteiger partial charge in [-0.25, -0.2) is 4.99 Å². The Balaban J connectivity index is 2.26. The Morgan fingerprint density at radius 1 is 0.800 bits per heavy atom. The van der Waals surface area contributed by atoms with Gasteiger partial charge >= 0.3 is 0 Å². The number of ether oxygens (including phenoxy) is 5. The minimum absolute atomic E-state index is 0.382. The fraction of sp³-hybridized carbons (Fsp3) is 0.409. The number of rotatable bonds is 10. The zero-order valence-corrected chi connectivity index (χ0v) is 18.5. The second-order valence-corrected chi connectivity index (χ2v) is 6.14. The number of nitrogens with zero attached hydrogens (tertiary/aromatic N) is 1. The van der Waals surface area contributed by atoms with Crippen molar-refractivity contribution in [1.82, 2.24) is 5.32 Å². The Kier molecular flexibility index (Phi) is 8.93. The average Bonchev–Trinajstić information content (AvgIpc) is 2.77. The molecule has 8 nitrogen and oxygen atoms in total. The lowest BCUT2D eigenvalue weighted by Gasteiger charge is -2.15. The van der Waals surface area contributed by atoms with Crippen molar-refractivity contribution in [2.45, 2.75) is 20.4 Å². The van der Waals surface area contributed by atoms with Crippen molar-refractivity contribution in [1.29, 1.82) is 0 Å². The molecular weight excluding hydrogens is 386 g/mol. The number of guanidine groups is 1. The first kappa shape index (κ1) is 23.0. The third-order valence-corrected chi connectivity index (χ3v) is 4.26. The van der Waals surface area contributed by atoms with Crippen molar-refractivity contribution in [2.75, 3.05) is 46.9 Å². The molecular formula is C22H31N3O5. The molecule has 2 aromatic rings. The van der Waals surface area contributed by atoms with E-state index in [-0.39, 0.29) is 0 Å². The summed E-state index contributed by atoms with van der Waals surface area (Å²) in [7, 11) is 6.42. The van der Waals surface area contributed by atoms with Crippen LogP contribution >= 0.6 is 0 Å². The summed E-state index contributed by atoms with van der Waals surface area (Å²) in [6.45, 7) is 5.60. The second kappa shape index (κ2) is 11.6. The van der Waals surface area contributed by atoms with Gasteiger partial charge in [-0.05, 0) is 32.0 Å². The van der Waals surface area contributed by atoms with Gasteiger partial charge in [0.25, 0.3) is 0 Å². The maximum absolute atomic E-state index is 5.57. The van der Waals surface area contributed by atoms with E-state index in [1.165, 1.54) is 0 Å². The number of anilines is 1. The van der Waals surface area contributed by atoms with E-state index in [9.17, 15) is 0 Å². The molecule has 0 radical (unpaired) electrons. The van der Waals surface area contributed by atoms with Crippen LogP contribution in [0.3, 0.4) is 0 Å². The van der Waals surface area contributed by atoms with E-state index >= 15 is 0 Å². The summed E-state index contributed by atoms with van der Waals surface area (Å²) in [6.07, 6.45) is 0. The molecule has 2 rings (SSSR count). The minimum Gasteiger partial charge on any atom is -0.496 e. The summed E-state index contributed by atoms with van der Waals surface area (Å²) in [5, 5.41) is 6.53. The number of methoxy groups -OCH3 is 4. The third kappa shape index (κ3) is 5.85. The fourth-order valence-electron chi connectivity index (χ4n) is 2.84. The van der Waals surface area contributed by atoms with Gasteiger partial charge in [0, 0.05) is 29.9 Å². The van der Waals surface area contributed by atoms with Gasteiger partial charge in [0.15, 0.2) is 29.0 Å². The van der Waals surface area contributed by atoms with Crippen LogP contribution in [0.5, 0.6) is 28.7 Å². The van der Waals surface area contributed by atoms with Gasteiger partial charge in [-0.15, -0.1) is 0 Å². The van der Waals surface area contributed by atoms with E-state index in [0.717, 1.165) is 11.3 Å². The van der Waals surface area contributed by atoms with Crippen LogP contribution in [-0.4, -0.2) is 47.6 Å². The van der Waals surface area contributed by atoms with Crippen molar-refractivity contribution in [3.63, 3.8) is 0 Å². The largest absolute Gasteiger partial charge is 0.496 e. The van der Waals surface area contributed by atoms with Gasteiger partial charge in [-0.2, -0.15) is 0 Å². The standard InChI is InChI=1S/C22H31N3O5/c1-7-23-22(25-16-9-10-17(30-8-2)20(12-16)28-5)24-14-15-11-19(27-4)21(29-6)13-18(15)26-3/h9-13H,7-8,14H2,1-6H3,(H2,23,24,25). The number of nitrogens with one attached hydrogen (secondary N) is 2. The van der Waals surface area contributed by atoms with E-state index in [4.69, 9.17) is 23.7 Å². The van der Waals surface area contributed by atoms with Crippen molar-refractivity contribution in [2.24, 2.45) is 4.99 Å². The SMILES string of the molecule is CCNC(=NCc1cc(OC)c(OC)cc1OC)Nc1ccc(OCC)c(OC)c1. The highest BCUT2D eigenvalue weighted by molar-refractivity contribution is 5.94. The van der Waals surface area contributed by atoms with Crippen LogP contribution in [0, 0.1) is 0 Å². The van der Waals surface area contributed by atoms with Gasteiger partial charge in [0.2, 0.25) is 0 Å². The monoisotopic (exact) mass is 417 g/mol. The van der Waals surface area contributed by atoms with Gasteiger partial charge in [-0.1, -0.05) is 0 Å². The predicted octanol–water partition coefficient (Wildman–Crippen LogP) is 3.70. The van der Waals surface area contributed by atoms with E-state index in [2.05, 4.69) is 15.6 Å². The molecule has 0 saturated heterocycles. The van der Waals surface area contributed by atoms with Gasteiger partial charge in [0.1, 0.15) is 5.75 Å². The van der Waals surface area contributed by atoms with Crippen LogP contribution in [-0.2, 0) is 6.54 Å². The molecule has 8 heteroatoms. The molecule has 0 amide bonds. The van der Waals surface area contributed by atoms with Crippen LogP contribution < -0.4 is 34.3 Å². The quantitative estimate of drug-likeness (QED) is 0.451. The van der Waals surface area contributed by atoms with Crippen molar-refractivity contribution in [3.8, 4) is 28.7 Å². The van der Waals surface area contributed by atoms with Crippen LogP contribution in [0.1, 0.15) is 19.4 Å².